The van der Waals surface area contributed by atoms with Crippen molar-refractivity contribution in [2.45, 2.75) is 19.0 Å². The molecular weight excluding hydrogens is 396 g/mol. The molecule has 0 radical (unpaired) electrons. The van der Waals surface area contributed by atoms with Crippen LogP contribution in [0.3, 0.4) is 0 Å². The summed E-state index contributed by atoms with van der Waals surface area (Å²) in [6.07, 6.45) is 0. The van der Waals surface area contributed by atoms with E-state index in [0.717, 1.165) is 29.2 Å². The number of benzene rings is 1. The number of nitro groups is 1. The molecule has 27 heavy (non-hydrogen) atoms. The van der Waals surface area contributed by atoms with Crippen LogP contribution in [0, 0.1) is 24.0 Å². The highest BCUT2D eigenvalue weighted by atomic mass is 35.5. The highest BCUT2D eigenvalue weighted by Gasteiger charge is 2.15. The monoisotopic (exact) mass is 410 g/mol. The summed E-state index contributed by atoms with van der Waals surface area (Å²) in [5, 5.41) is 13.6. The van der Waals surface area contributed by atoms with E-state index < -0.39 is 23.4 Å². The molecule has 1 N–H and O–H groups in total. The van der Waals surface area contributed by atoms with E-state index in [4.69, 9.17) is 16.3 Å². The zero-order valence-corrected chi connectivity index (χ0v) is 16.0. The van der Waals surface area contributed by atoms with E-state index >= 15 is 0 Å². The number of hydrogen-bond acceptors (Lipinski definition) is 8. The minimum atomic E-state index is -0.662. The first-order valence-electron chi connectivity index (χ1n) is 7.59. The number of carbonyl (C=O) groups excluding carboxylic acids is 2. The molecule has 0 fully saturated rings. The molecule has 1 amide bonds. The smallest absolute Gasteiger partial charge is 0.316 e. The Kier molecular flexibility index (Phi) is 7.08. The van der Waals surface area contributed by atoms with Crippen LogP contribution in [0.2, 0.25) is 5.02 Å². The van der Waals surface area contributed by atoms with E-state index in [2.05, 4.69) is 15.3 Å². The third kappa shape index (κ3) is 6.50. The van der Waals surface area contributed by atoms with Crippen LogP contribution in [0.4, 0.5) is 11.4 Å². The van der Waals surface area contributed by atoms with Crippen molar-refractivity contribution in [2.75, 3.05) is 17.7 Å². The molecule has 0 aliphatic carbocycles. The van der Waals surface area contributed by atoms with Gasteiger partial charge in [-0.25, -0.2) is 9.97 Å². The van der Waals surface area contributed by atoms with Crippen LogP contribution < -0.4 is 5.32 Å². The van der Waals surface area contributed by atoms with Crippen LogP contribution in [-0.4, -0.2) is 39.1 Å². The van der Waals surface area contributed by atoms with Gasteiger partial charge in [-0.1, -0.05) is 23.4 Å². The topological polar surface area (TPSA) is 124 Å². The highest BCUT2D eigenvalue weighted by molar-refractivity contribution is 7.99. The van der Waals surface area contributed by atoms with Gasteiger partial charge in [0.25, 0.3) is 11.6 Å². The Morgan fingerprint density at radius 1 is 1.26 bits per heavy atom. The van der Waals surface area contributed by atoms with E-state index in [0.29, 0.717) is 5.16 Å². The summed E-state index contributed by atoms with van der Waals surface area (Å²) in [5.41, 5.74) is 1.41. The van der Waals surface area contributed by atoms with Crippen LogP contribution in [0.15, 0.2) is 29.4 Å². The van der Waals surface area contributed by atoms with Crippen molar-refractivity contribution in [2.24, 2.45) is 0 Å². The number of rotatable bonds is 7. The lowest BCUT2D eigenvalue weighted by atomic mass is 10.3. The first-order chi connectivity index (χ1) is 12.7. The van der Waals surface area contributed by atoms with Crippen molar-refractivity contribution in [3.63, 3.8) is 0 Å². The van der Waals surface area contributed by atoms with Crippen LogP contribution in [0.1, 0.15) is 11.4 Å². The summed E-state index contributed by atoms with van der Waals surface area (Å²) >= 11 is 6.80. The Labute approximate surface area is 163 Å². The van der Waals surface area contributed by atoms with Gasteiger partial charge in [0.15, 0.2) is 11.8 Å². The van der Waals surface area contributed by atoms with Gasteiger partial charge < -0.3 is 10.1 Å². The van der Waals surface area contributed by atoms with E-state index in [-0.39, 0.29) is 22.2 Å². The van der Waals surface area contributed by atoms with Gasteiger partial charge in [0.05, 0.1) is 10.7 Å². The van der Waals surface area contributed by atoms with E-state index in [9.17, 15) is 19.7 Å². The molecule has 0 atom stereocenters. The lowest BCUT2D eigenvalue weighted by Crippen LogP contribution is -2.21. The number of anilines is 1. The van der Waals surface area contributed by atoms with Gasteiger partial charge in [-0.05, 0) is 32.0 Å². The lowest BCUT2D eigenvalue weighted by molar-refractivity contribution is -0.384. The second-order valence-electron chi connectivity index (χ2n) is 5.35. The molecule has 0 unspecified atom stereocenters. The summed E-state index contributed by atoms with van der Waals surface area (Å²) in [7, 11) is 0. The number of aryl methyl sites for hydroxylation is 2. The zero-order valence-electron chi connectivity index (χ0n) is 14.4. The predicted octanol–water partition coefficient (Wildman–Crippen LogP) is 2.93. The molecule has 0 spiro atoms. The number of amides is 1. The van der Waals surface area contributed by atoms with Crippen molar-refractivity contribution in [1.82, 2.24) is 9.97 Å². The summed E-state index contributed by atoms with van der Waals surface area (Å²) in [5.74, 6) is -1.30. The number of nitro benzene ring substituents is 1. The fraction of sp³-hybridized carbons (Fsp3) is 0.250. The average Bonchev–Trinajstić information content (AvgIpc) is 2.59. The lowest BCUT2D eigenvalue weighted by Gasteiger charge is -2.07. The van der Waals surface area contributed by atoms with Crippen LogP contribution in [0.25, 0.3) is 0 Å². The number of aromatic nitrogens is 2. The fourth-order valence-corrected chi connectivity index (χ4v) is 2.93. The minimum absolute atomic E-state index is 0.0462. The van der Waals surface area contributed by atoms with E-state index in [1.807, 2.05) is 19.9 Å². The third-order valence-corrected chi connectivity index (χ3v) is 4.21. The first-order valence-corrected chi connectivity index (χ1v) is 8.95. The quantitative estimate of drug-likeness (QED) is 0.243. The van der Waals surface area contributed by atoms with Gasteiger partial charge in [-0.2, -0.15) is 0 Å². The van der Waals surface area contributed by atoms with Gasteiger partial charge >= 0.3 is 5.97 Å². The van der Waals surface area contributed by atoms with E-state index in [1.54, 1.807) is 0 Å². The van der Waals surface area contributed by atoms with Crippen molar-refractivity contribution < 1.29 is 19.2 Å². The molecule has 0 saturated heterocycles. The van der Waals surface area contributed by atoms with Gasteiger partial charge in [0, 0.05) is 23.1 Å². The SMILES string of the molecule is Cc1cc(C)nc(SCC(=O)OCC(=O)Nc2ccc(Cl)c([N+](=O)[O-])c2)n1. The Morgan fingerprint density at radius 3 is 2.56 bits per heavy atom. The molecule has 1 heterocycles. The van der Waals surface area contributed by atoms with E-state index in [1.165, 1.54) is 12.1 Å². The van der Waals surface area contributed by atoms with Crippen molar-refractivity contribution in [3.05, 3.63) is 50.8 Å². The van der Waals surface area contributed by atoms with Gasteiger partial charge in [0.2, 0.25) is 0 Å². The van der Waals surface area contributed by atoms with Crippen LogP contribution in [0.5, 0.6) is 0 Å². The molecule has 11 heteroatoms. The van der Waals surface area contributed by atoms with Crippen molar-refractivity contribution in [1.29, 1.82) is 0 Å². The molecule has 2 rings (SSSR count). The second kappa shape index (κ2) is 9.28. The number of hydrogen-bond donors (Lipinski definition) is 1. The second-order valence-corrected chi connectivity index (χ2v) is 6.70. The molecule has 0 saturated carbocycles. The van der Waals surface area contributed by atoms with Crippen molar-refractivity contribution >= 4 is 46.6 Å². The fourth-order valence-electron chi connectivity index (χ4n) is 2.00. The maximum absolute atomic E-state index is 11.8. The Bertz CT molecular complexity index is 873. The molecule has 2 aromatic rings. The summed E-state index contributed by atoms with van der Waals surface area (Å²) in [6.45, 7) is 3.12. The molecule has 142 valence electrons. The average molecular weight is 411 g/mol. The normalized spacial score (nSPS) is 10.3. The zero-order chi connectivity index (χ0) is 20.0. The Hall–Kier alpha value is -2.72. The molecule has 1 aromatic heterocycles. The number of halogens is 1. The van der Waals surface area contributed by atoms with Gasteiger partial charge in [0.1, 0.15) is 5.02 Å². The number of nitrogens with one attached hydrogen (secondary N) is 1. The van der Waals surface area contributed by atoms with Crippen LogP contribution >= 0.6 is 23.4 Å². The molecule has 1 aromatic carbocycles. The number of carbonyl (C=O) groups is 2. The number of thioether (sulfide) groups is 1. The number of esters is 1. The highest BCUT2D eigenvalue weighted by Crippen LogP contribution is 2.27. The molecule has 0 aliphatic heterocycles. The summed E-state index contributed by atoms with van der Waals surface area (Å²) < 4.78 is 4.87. The predicted molar refractivity (Wildman–Crippen MR) is 99.9 cm³/mol. The maximum atomic E-state index is 11.8. The van der Waals surface area contributed by atoms with Crippen LogP contribution in [-0.2, 0) is 14.3 Å². The molecule has 0 bridgehead atoms. The number of ether oxygens (including phenoxy) is 1. The van der Waals surface area contributed by atoms with Crippen molar-refractivity contribution in [3.8, 4) is 0 Å². The maximum Gasteiger partial charge on any atom is 0.316 e. The molecule has 9 nitrogen and oxygen atoms in total. The largest absolute Gasteiger partial charge is 0.455 e. The molecule has 0 aliphatic rings. The summed E-state index contributed by atoms with van der Waals surface area (Å²) in [4.78, 5) is 42.1. The Morgan fingerprint density at radius 2 is 1.93 bits per heavy atom. The standard InChI is InChI=1S/C16H15ClN4O5S/c1-9-5-10(2)19-16(18-9)27-8-15(23)26-7-14(22)20-11-3-4-12(17)13(6-11)21(24)25/h3-6H,7-8H2,1-2H3,(H,20,22). The van der Waals surface area contributed by atoms with Gasteiger partial charge in [-0.3, -0.25) is 19.7 Å². The first kappa shape index (κ1) is 20.6. The molecular formula is C16H15ClN4O5S. The van der Waals surface area contributed by atoms with Gasteiger partial charge in [-0.15, -0.1) is 0 Å². The summed E-state index contributed by atoms with van der Waals surface area (Å²) in [6, 6.07) is 5.63. The Balaban J connectivity index is 1.82. The minimum Gasteiger partial charge on any atom is -0.455 e. The number of nitrogens with zero attached hydrogens (tertiary/aromatic N) is 3. The third-order valence-electron chi connectivity index (χ3n) is 3.07.